The first-order valence-corrected chi connectivity index (χ1v) is 10.2. The molecule has 8 nitrogen and oxygen atoms in total. The van der Waals surface area contributed by atoms with Crippen molar-refractivity contribution in [1.29, 1.82) is 0 Å². The van der Waals surface area contributed by atoms with E-state index in [1.165, 1.54) is 0 Å². The van der Waals surface area contributed by atoms with Crippen molar-refractivity contribution in [3.05, 3.63) is 72.4 Å². The summed E-state index contributed by atoms with van der Waals surface area (Å²) in [6.45, 7) is 3.52. The quantitative estimate of drug-likeness (QED) is 0.415. The van der Waals surface area contributed by atoms with Crippen LogP contribution >= 0.6 is 0 Å². The number of hydroxylamine groups is 1. The van der Waals surface area contributed by atoms with Gasteiger partial charge < -0.3 is 0 Å². The number of sulfonamides is 2. The van der Waals surface area contributed by atoms with Crippen LogP contribution in [0.2, 0.25) is 0 Å². The average Bonchev–Trinajstić information content (AvgIpc) is 2.60. The number of nitrogens with one attached hydrogen (secondary N) is 2. The van der Waals surface area contributed by atoms with Gasteiger partial charge in [-0.3, -0.25) is 15.4 Å². The van der Waals surface area contributed by atoms with E-state index in [0.717, 1.165) is 29.8 Å². The second-order valence-corrected chi connectivity index (χ2v) is 8.46. The van der Waals surface area contributed by atoms with Gasteiger partial charge in [-0.1, -0.05) is 24.8 Å². The molecule has 2 rings (SSSR count). The Labute approximate surface area is 151 Å². The van der Waals surface area contributed by atoms with Crippen LogP contribution in [0.3, 0.4) is 0 Å². The van der Waals surface area contributed by atoms with Gasteiger partial charge in [-0.05, 0) is 48.0 Å². The van der Waals surface area contributed by atoms with Crippen LogP contribution in [0.5, 0.6) is 0 Å². The number of rotatable bonds is 7. The first-order valence-electron chi connectivity index (χ1n) is 7.15. The van der Waals surface area contributed by atoms with Crippen LogP contribution in [-0.2, 0) is 20.0 Å². The van der Waals surface area contributed by atoms with Crippen molar-refractivity contribution in [3.8, 4) is 0 Å². The number of primary sulfonamides is 1. The molecule has 138 valence electrons. The van der Waals surface area contributed by atoms with Crippen LogP contribution in [0.25, 0.3) is 6.08 Å². The lowest BCUT2D eigenvalue weighted by Crippen LogP contribution is -2.15. The summed E-state index contributed by atoms with van der Waals surface area (Å²) in [5.41, 5.74) is 3.29. The predicted molar refractivity (Wildman–Crippen MR) is 98.2 cm³/mol. The van der Waals surface area contributed by atoms with Crippen LogP contribution in [0.15, 0.2) is 76.7 Å². The van der Waals surface area contributed by atoms with Gasteiger partial charge in [0.25, 0.3) is 10.0 Å². The standard InChI is InChI=1S/C16H17N3O5S2/c1-12(18-20)2-3-13-4-6-14(7-5-13)19-26(23,24)16-10-8-15(9-11-16)25(17,21)22/h2-11,18-20H,1H2,(H2,17,21,22)/b3-2+. The molecular weight excluding hydrogens is 378 g/mol. The van der Waals surface area contributed by atoms with E-state index in [-0.39, 0.29) is 9.79 Å². The molecule has 0 saturated heterocycles. The minimum atomic E-state index is -3.89. The van der Waals surface area contributed by atoms with E-state index in [9.17, 15) is 16.8 Å². The minimum absolute atomic E-state index is 0.0980. The maximum atomic E-state index is 12.3. The number of benzene rings is 2. The Balaban J connectivity index is 2.16. The van der Waals surface area contributed by atoms with Crippen molar-refractivity contribution in [2.75, 3.05) is 4.72 Å². The van der Waals surface area contributed by atoms with Crippen LogP contribution in [-0.4, -0.2) is 22.0 Å². The molecule has 0 heterocycles. The second-order valence-electron chi connectivity index (χ2n) is 5.21. The normalized spacial score (nSPS) is 12.1. The highest BCUT2D eigenvalue weighted by Crippen LogP contribution is 2.18. The molecule has 0 aliphatic heterocycles. The van der Waals surface area contributed by atoms with Crippen molar-refractivity contribution < 1.29 is 22.0 Å². The van der Waals surface area contributed by atoms with E-state index in [4.69, 9.17) is 10.3 Å². The molecule has 0 radical (unpaired) electrons. The van der Waals surface area contributed by atoms with Gasteiger partial charge in [0, 0.05) is 5.69 Å². The summed E-state index contributed by atoms with van der Waals surface area (Å²) in [7, 11) is -7.77. The van der Waals surface area contributed by atoms with Gasteiger partial charge in [-0.25, -0.2) is 22.0 Å². The Kier molecular flexibility index (Phi) is 5.83. The Bertz CT molecular complexity index is 1030. The fourth-order valence-corrected chi connectivity index (χ4v) is 3.49. The average molecular weight is 395 g/mol. The monoisotopic (exact) mass is 395 g/mol. The third-order valence-electron chi connectivity index (χ3n) is 3.25. The highest BCUT2D eigenvalue weighted by atomic mass is 32.2. The zero-order chi connectivity index (χ0) is 19.4. The first-order chi connectivity index (χ1) is 12.1. The minimum Gasteiger partial charge on any atom is -0.291 e. The molecule has 5 N–H and O–H groups in total. The maximum absolute atomic E-state index is 12.3. The fraction of sp³-hybridized carbons (Fsp3) is 0. The molecule has 0 atom stereocenters. The van der Waals surface area contributed by atoms with E-state index >= 15 is 0 Å². The molecule has 0 bridgehead atoms. The smallest absolute Gasteiger partial charge is 0.261 e. The fourth-order valence-electron chi connectivity index (χ4n) is 1.92. The SMILES string of the molecule is C=C(/C=C/c1ccc(NS(=O)(=O)c2ccc(S(N)(=O)=O)cc2)cc1)NO. The summed E-state index contributed by atoms with van der Waals surface area (Å²) >= 11 is 0. The lowest BCUT2D eigenvalue weighted by Gasteiger charge is -2.09. The van der Waals surface area contributed by atoms with Gasteiger partial charge in [0.05, 0.1) is 15.5 Å². The van der Waals surface area contributed by atoms with E-state index in [1.807, 2.05) is 5.48 Å². The Hall–Kier alpha value is -2.66. The molecule has 2 aromatic rings. The Morgan fingerprint density at radius 1 is 0.962 bits per heavy atom. The topological polar surface area (TPSA) is 139 Å². The molecule has 26 heavy (non-hydrogen) atoms. The zero-order valence-electron chi connectivity index (χ0n) is 13.5. The van der Waals surface area contributed by atoms with Crippen molar-refractivity contribution in [2.45, 2.75) is 9.79 Å². The van der Waals surface area contributed by atoms with Crippen LogP contribution in [0.1, 0.15) is 5.56 Å². The van der Waals surface area contributed by atoms with Crippen LogP contribution in [0, 0.1) is 0 Å². The van der Waals surface area contributed by atoms with Crippen LogP contribution in [0.4, 0.5) is 5.69 Å². The maximum Gasteiger partial charge on any atom is 0.261 e. The number of hydrogen-bond donors (Lipinski definition) is 4. The van der Waals surface area contributed by atoms with Gasteiger partial charge >= 0.3 is 0 Å². The van der Waals surface area contributed by atoms with Gasteiger partial charge in [-0.15, -0.1) is 0 Å². The highest BCUT2D eigenvalue weighted by Gasteiger charge is 2.16. The molecule has 10 heteroatoms. The molecule has 2 aromatic carbocycles. The molecule has 0 aromatic heterocycles. The molecule has 0 saturated carbocycles. The van der Waals surface area contributed by atoms with Crippen LogP contribution < -0.4 is 15.3 Å². The molecule has 0 aliphatic rings. The number of anilines is 1. The lowest BCUT2D eigenvalue weighted by molar-refractivity contribution is 0.205. The van der Waals surface area contributed by atoms with Crippen molar-refractivity contribution >= 4 is 31.8 Å². The summed E-state index contributed by atoms with van der Waals surface area (Å²) in [6.07, 6.45) is 3.22. The summed E-state index contributed by atoms with van der Waals surface area (Å²) in [5, 5.41) is 13.6. The van der Waals surface area contributed by atoms with Crippen molar-refractivity contribution in [1.82, 2.24) is 5.48 Å². The van der Waals surface area contributed by atoms with Gasteiger partial charge in [0.1, 0.15) is 0 Å². The van der Waals surface area contributed by atoms with Crippen molar-refractivity contribution in [3.63, 3.8) is 0 Å². The third-order valence-corrected chi connectivity index (χ3v) is 5.57. The van der Waals surface area contributed by atoms with Crippen molar-refractivity contribution in [2.24, 2.45) is 5.14 Å². The lowest BCUT2D eigenvalue weighted by atomic mass is 10.2. The highest BCUT2D eigenvalue weighted by molar-refractivity contribution is 7.92. The molecule has 0 unspecified atom stereocenters. The van der Waals surface area contributed by atoms with E-state index < -0.39 is 20.0 Å². The summed E-state index contributed by atoms with van der Waals surface area (Å²) in [5.74, 6) is 0. The summed E-state index contributed by atoms with van der Waals surface area (Å²) < 4.78 is 49.5. The zero-order valence-corrected chi connectivity index (χ0v) is 15.1. The van der Waals surface area contributed by atoms with E-state index in [2.05, 4.69) is 11.3 Å². The largest absolute Gasteiger partial charge is 0.291 e. The van der Waals surface area contributed by atoms with Gasteiger partial charge in [0.2, 0.25) is 10.0 Å². The number of hydrogen-bond acceptors (Lipinski definition) is 6. The third kappa shape index (κ3) is 5.17. The first kappa shape index (κ1) is 19.7. The molecular formula is C16H17N3O5S2. The molecule has 0 spiro atoms. The molecule has 0 amide bonds. The Morgan fingerprint density at radius 2 is 1.50 bits per heavy atom. The Morgan fingerprint density at radius 3 is 2.00 bits per heavy atom. The van der Waals surface area contributed by atoms with E-state index in [1.54, 1.807) is 36.4 Å². The number of allylic oxidation sites excluding steroid dienone is 1. The van der Waals surface area contributed by atoms with E-state index in [0.29, 0.717) is 11.4 Å². The second kappa shape index (κ2) is 7.70. The molecule has 0 fully saturated rings. The summed E-state index contributed by atoms with van der Waals surface area (Å²) in [6, 6.07) is 11.0. The number of nitrogens with two attached hydrogens (primary N) is 1. The van der Waals surface area contributed by atoms with Gasteiger partial charge in [0.15, 0.2) is 0 Å². The van der Waals surface area contributed by atoms with Gasteiger partial charge in [-0.2, -0.15) is 0 Å². The summed E-state index contributed by atoms with van der Waals surface area (Å²) in [4.78, 5) is -0.272. The predicted octanol–water partition coefficient (Wildman–Crippen LogP) is 1.64. The molecule has 0 aliphatic carbocycles.